The van der Waals surface area contributed by atoms with Crippen LogP contribution in [0.1, 0.15) is 54.7 Å². The van der Waals surface area contributed by atoms with Crippen molar-refractivity contribution in [3.05, 3.63) is 46.8 Å². The fourth-order valence-electron chi connectivity index (χ4n) is 5.49. The molecule has 0 spiro atoms. The number of rotatable bonds is 7. The SMILES string of the molecule is C[C@@H](O)CNC(=O)C(F)(F)C1(O)CC2CC(c3ncn(C)c3C(=O)Nc3ccc(F)c(Cl)c3)CC2C1. The van der Waals surface area contributed by atoms with E-state index in [1.807, 2.05) is 5.32 Å². The van der Waals surface area contributed by atoms with Crippen molar-refractivity contribution in [2.24, 2.45) is 18.9 Å². The zero-order chi connectivity index (χ0) is 26.4. The van der Waals surface area contributed by atoms with E-state index in [1.165, 1.54) is 25.4 Å². The third-order valence-electron chi connectivity index (χ3n) is 7.21. The predicted molar refractivity (Wildman–Crippen MR) is 125 cm³/mol. The highest BCUT2D eigenvalue weighted by Crippen LogP contribution is 2.57. The molecule has 1 aromatic carbocycles. The summed E-state index contributed by atoms with van der Waals surface area (Å²) in [5.74, 6) is -7.43. The maximum absolute atomic E-state index is 14.9. The van der Waals surface area contributed by atoms with Gasteiger partial charge in [0.1, 0.15) is 17.1 Å². The normalized spacial score (nSPS) is 26.5. The lowest BCUT2D eigenvalue weighted by molar-refractivity contribution is -0.193. The van der Waals surface area contributed by atoms with Crippen LogP contribution in [-0.2, 0) is 11.8 Å². The molecular formula is C24H28ClF3N4O4. The van der Waals surface area contributed by atoms with Crippen molar-refractivity contribution in [2.45, 2.75) is 56.2 Å². The van der Waals surface area contributed by atoms with Gasteiger partial charge in [0, 0.05) is 25.2 Å². The molecule has 0 saturated heterocycles. The van der Waals surface area contributed by atoms with Crippen molar-refractivity contribution in [3.8, 4) is 0 Å². The van der Waals surface area contributed by atoms with E-state index in [2.05, 4.69) is 10.3 Å². The van der Waals surface area contributed by atoms with Gasteiger partial charge in [0.2, 0.25) is 0 Å². The highest BCUT2D eigenvalue weighted by atomic mass is 35.5. The second kappa shape index (κ2) is 9.68. The summed E-state index contributed by atoms with van der Waals surface area (Å²) in [6, 6.07) is 3.82. The molecule has 8 nitrogen and oxygen atoms in total. The fourth-order valence-corrected chi connectivity index (χ4v) is 5.67. The van der Waals surface area contributed by atoms with Crippen molar-refractivity contribution in [3.63, 3.8) is 0 Å². The number of nitrogens with zero attached hydrogens (tertiary/aromatic N) is 2. The van der Waals surface area contributed by atoms with Gasteiger partial charge in [-0.05, 0) is 62.6 Å². The number of alkyl halides is 2. The van der Waals surface area contributed by atoms with E-state index < -0.39 is 35.3 Å². The Hall–Kier alpha value is -2.63. The standard InChI is InChI=1S/C24H28ClF3N4O4/c1-12(33)10-29-22(35)24(27,28)23(36)8-14-5-13(6-15(14)9-23)19-20(32(2)11-30-19)21(34)31-16-3-4-18(26)17(25)7-16/h3-4,7,11-15,33,36H,5-6,8-10H2,1-2H3,(H,29,35)(H,31,34)/t12-,13?,14?,15?,23?/m1/s1. The first-order valence-electron chi connectivity index (χ1n) is 11.7. The fraction of sp³-hybridized carbons (Fsp3) is 0.542. The Morgan fingerprint density at radius 1 is 1.31 bits per heavy atom. The van der Waals surface area contributed by atoms with Gasteiger partial charge in [-0.2, -0.15) is 8.78 Å². The third kappa shape index (κ3) is 4.83. The van der Waals surface area contributed by atoms with Crippen molar-refractivity contribution in [1.82, 2.24) is 14.9 Å². The number of fused-ring (bicyclic) bond motifs is 1. The lowest BCUT2D eigenvalue weighted by Crippen LogP contribution is -2.57. The third-order valence-corrected chi connectivity index (χ3v) is 7.50. The van der Waals surface area contributed by atoms with Crippen LogP contribution in [0.25, 0.3) is 0 Å². The van der Waals surface area contributed by atoms with Crippen LogP contribution in [0, 0.1) is 17.7 Å². The van der Waals surface area contributed by atoms with Gasteiger partial charge in [0.15, 0.2) is 0 Å². The van der Waals surface area contributed by atoms with Crippen molar-refractivity contribution >= 4 is 29.1 Å². The number of benzene rings is 1. The summed E-state index contributed by atoms with van der Waals surface area (Å²) in [7, 11) is 1.66. The minimum atomic E-state index is -4.01. The molecule has 36 heavy (non-hydrogen) atoms. The van der Waals surface area contributed by atoms with Gasteiger partial charge in [-0.3, -0.25) is 9.59 Å². The number of aliphatic hydroxyl groups is 2. The van der Waals surface area contributed by atoms with Crippen molar-refractivity contribution in [1.29, 1.82) is 0 Å². The number of nitrogens with one attached hydrogen (secondary N) is 2. The van der Waals surface area contributed by atoms with Crippen LogP contribution in [-0.4, -0.2) is 55.8 Å². The number of anilines is 1. The van der Waals surface area contributed by atoms with E-state index in [4.69, 9.17) is 11.6 Å². The summed E-state index contributed by atoms with van der Waals surface area (Å²) in [6.07, 6.45) is 0.841. The summed E-state index contributed by atoms with van der Waals surface area (Å²) in [4.78, 5) is 29.5. The summed E-state index contributed by atoms with van der Waals surface area (Å²) >= 11 is 5.79. The quantitative estimate of drug-likeness (QED) is 0.440. The molecule has 4 rings (SSSR count). The van der Waals surface area contributed by atoms with Crippen LogP contribution in [0.2, 0.25) is 5.02 Å². The van der Waals surface area contributed by atoms with Crippen LogP contribution in [0.5, 0.6) is 0 Å². The second-order valence-corrected chi connectivity index (χ2v) is 10.3. The van der Waals surface area contributed by atoms with Gasteiger partial charge in [0.05, 0.1) is 23.1 Å². The summed E-state index contributed by atoms with van der Waals surface area (Å²) in [5, 5.41) is 24.6. The number of imidazole rings is 1. The zero-order valence-corrected chi connectivity index (χ0v) is 20.5. The Kier molecular flexibility index (Phi) is 7.11. The molecule has 1 heterocycles. The molecule has 4 N–H and O–H groups in total. The van der Waals surface area contributed by atoms with Crippen LogP contribution in [0.15, 0.2) is 24.5 Å². The number of aromatic nitrogens is 2. The minimum Gasteiger partial charge on any atom is -0.392 e. The molecule has 2 fully saturated rings. The summed E-state index contributed by atoms with van der Waals surface area (Å²) in [5.41, 5.74) is -1.37. The molecular weight excluding hydrogens is 501 g/mol. The Balaban J connectivity index is 1.46. The molecule has 0 radical (unpaired) electrons. The average Bonchev–Trinajstić information content (AvgIpc) is 3.45. The molecule has 3 atom stereocenters. The summed E-state index contributed by atoms with van der Waals surface area (Å²) in [6.45, 7) is 1.02. The molecule has 2 aliphatic rings. The van der Waals surface area contributed by atoms with E-state index in [1.54, 1.807) is 11.6 Å². The molecule has 2 amide bonds. The van der Waals surface area contributed by atoms with E-state index in [0.29, 0.717) is 29.9 Å². The smallest absolute Gasteiger partial charge is 0.352 e. The first kappa shape index (κ1) is 26.4. The monoisotopic (exact) mass is 528 g/mol. The number of aliphatic hydroxyl groups excluding tert-OH is 1. The van der Waals surface area contributed by atoms with Gasteiger partial charge in [-0.15, -0.1) is 0 Å². The highest BCUT2D eigenvalue weighted by Gasteiger charge is 2.64. The minimum absolute atomic E-state index is 0.134. The highest BCUT2D eigenvalue weighted by molar-refractivity contribution is 6.31. The number of carbonyl (C=O) groups excluding carboxylic acids is 2. The summed E-state index contributed by atoms with van der Waals surface area (Å²) < 4.78 is 44.7. The Morgan fingerprint density at radius 3 is 2.53 bits per heavy atom. The second-order valence-electron chi connectivity index (χ2n) is 9.93. The van der Waals surface area contributed by atoms with Crippen LogP contribution >= 0.6 is 11.6 Å². The van der Waals surface area contributed by atoms with E-state index in [9.17, 15) is 33.0 Å². The molecule has 12 heteroatoms. The molecule has 2 aromatic rings. The predicted octanol–water partition coefficient (Wildman–Crippen LogP) is 3.23. The largest absolute Gasteiger partial charge is 0.392 e. The van der Waals surface area contributed by atoms with Crippen molar-refractivity contribution < 1.29 is 33.0 Å². The number of aryl methyl sites for hydroxylation is 1. The molecule has 0 bridgehead atoms. The topological polar surface area (TPSA) is 116 Å². The van der Waals surface area contributed by atoms with Crippen LogP contribution in [0.3, 0.4) is 0 Å². The van der Waals surface area contributed by atoms with Crippen LogP contribution < -0.4 is 10.6 Å². The number of carbonyl (C=O) groups is 2. The van der Waals surface area contributed by atoms with Gasteiger partial charge < -0.3 is 25.4 Å². The lowest BCUT2D eigenvalue weighted by atomic mass is 9.87. The first-order chi connectivity index (χ1) is 16.8. The van der Waals surface area contributed by atoms with E-state index >= 15 is 0 Å². The zero-order valence-electron chi connectivity index (χ0n) is 19.8. The average molecular weight is 529 g/mol. The molecule has 0 aliphatic heterocycles. The maximum Gasteiger partial charge on any atom is 0.352 e. The Morgan fingerprint density at radius 2 is 1.94 bits per heavy atom. The number of halogens is 4. The molecule has 196 valence electrons. The molecule has 2 unspecified atom stereocenters. The Labute approximate surface area is 210 Å². The van der Waals surface area contributed by atoms with E-state index in [0.717, 1.165) is 6.07 Å². The first-order valence-corrected chi connectivity index (χ1v) is 12.0. The van der Waals surface area contributed by atoms with Crippen LogP contribution in [0.4, 0.5) is 18.9 Å². The number of amides is 2. The van der Waals surface area contributed by atoms with Gasteiger partial charge in [-0.25, -0.2) is 9.37 Å². The van der Waals surface area contributed by atoms with Gasteiger partial charge >= 0.3 is 5.92 Å². The van der Waals surface area contributed by atoms with E-state index in [-0.39, 0.29) is 42.2 Å². The van der Waals surface area contributed by atoms with Gasteiger partial charge in [-0.1, -0.05) is 11.6 Å². The maximum atomic E-state index is 14.9. The van der Waals surface area contributed by atoms with Gasteiger partial charge in [0.25, 0.3) is 11.8 Å². The molecule has 1 aromatic heterocycles. The van der Waals surface area contributed by atoms with Crippen molar-refractivity contribution in [2.75, 3.05) is 11.9 Å². The number of hydrogen-bond donors (Lipinski definition) is 4. The molecule has 2 aliphatic carbocycles. The molecule has 2 saturated carbocycles. The Bertz CT molecular complexity index is 1160. The lowest BCUT2D eigenvalue weighted by Gasteiger charge is -2.32. The number of hydrogen-bond acceptors (Lipinski definition) is 5.